The third-order valence-corrected chi connectivity index (χ3v) is 6.52. The third-order valence-electron chi connectivity index (χ3n) is 6.52. The first-order valence-corrected chi connectivity index (χ1v) is 10.9. The summed E-state index contributed by atoms with van der Waals surface area (Å²) in [6.45, 7) is 4.04. The monoisotopic (exact) mass is 425 g/mol. The fourth-order valence-corrected chi connectivity index (χ4v) is 4.65. The molecular formula is C22H31N7O2. The molecule has 0 radical (unpaired) electrons. The number of aryl methyl sites for hydroxylation is 1. The summed E-state index contributed by atoms with van der Waals surface area (Å²) in [5.74, 6) is -0.204. The zero-order chi connectivity index (χ0) is 22.1. The maximum atomic E-state index is 13.6. The van der Waals surface area contributed by atoms with Gasteiger partial charge < -0.3 is 14.7 Å². The minimum atomic E-state index is -0.315. The maximum absolute atomic E-state index is 13.6. The molecule has 31 heavy (non-hydrogen) atoms. The highest BCUT2D eigenvalue weighted by Gasteiger charge is 2.35. The van der Waals surface area contributed by atoms with Gasteiger partial charge in [0.05, 0.1) is 17.8 Å². The van der Waals surface area contributed by atoms with Crippen LogP contribution >= 0.6 is 0 Å². The SMILES string of the molecule is CC(=O)N1CCc2ncnc(-c3cnn(C)c3)c2C[C@H](C(=O)N2CC[C@@H](N(C)C)C2)C1. The van der Waals surface area contributed by atoms with Crippen molar-refractivity contribution < 1.29 is 9.59 Å². The highest BCUT2D eigenvalue weighted by atomic mass is 16.2. The highest BCUT2D eigenvalue weighted by Crippen LogP contribution is 2.29. The zero-order valence-electron chi connectivity index (χ0n) is 18.8. The summed E-state index contributed by atoms with van der Waals surface area (Å²) in [5.41, 5.74) is 3.66. The summed E-state index contributed by atoms with van der Waals surface area (Å²) in [7, 11) is 5.99. The Morgan fingerprint density at radius 2 is 1.94 bits per heavy atom. The Bertz CT molecular complexity index is 971. The van der Waals surface area contributed by atoms with Gasteiger partial charge in [0.25, 0.3) is 0 Å². The fraction of sp³-hybridized carbons (Fsp3) is 0.591. The summed E-state index contributed by atoms with van der Waals surface area (Å²) in [5, 5.41) is 4.28. The van der Waals surface area contributed by atoms with Crippen LogP contribution in [0.3, 0.4) is 0 Å². The van der Waals surface area contributed by atoms with Crippen molar-refractivity contribution in [1.29, 1.82) is 0 Å². The van der Waals surface area contributed by atoms with E-state index in [1.807, 2.05) is 18.1 Å². The van der Waals surface area contributed by atoms with Gasteiger partial charge in [-0.05, 0) is 26.9 Å². The lowest BCUT2D eigenvalue weighted by atomic mass is 9.90. The molecule has 1 fully saturated rings. The Morgan fingerprint density at radius 3 is 2.58 bits per heavy atom. The van der Waals surface area contributed by atoms with Crippen molar-refractivity contribution in [2.24, 2.45) is 13.0 Å². The summed E-state index contributed by atoms with van der Waals surface area (Å²) in [4.78, 5) is 40.8. The molecule has 1 saturated heterocycles. The van der Waals surface area contributed by atoms with Gasteiger partial charge in [-0.3, -0.25) is 14.3 Å². The van der Waals surface area contributed by atoms with Crippen LogP contribution in [0.5, 0.6) is 0 Å². The number of likely N-dealkylation sites (tertiary alicyclic amines) is 1. The fourth-order valence-electron chi connectivity index (χ4n) is 4.65. The molecule has 0 aliphatic carbocycles. The average molecular weight is 426 g/mol. The summed E-state index contributed by atoms with van der Waals surface area (Å²) >= 11 is 0. The molecule has 2 aliphatic rings. The smallest absolute Gasteiger partial charge is 0.227 e. The Hall–Kier alpha value is -2.81. The van der Waals surface area contributed by atoms with E-state index in [4.69, 9.17) is 0 Å². The van der Waals surface area contributed by atoms with E-state index in [2.05, 4.69) is 34.1 Å². The molecule has 4 rings (SSSR count). The molecule has 0 saturated carbocycles. The van der Waals surface area contributed by atoms with Crippen molar-refractivity contribution in [2.75, 3.05) is 40.3 Å². The van der Waals surface area contributed by atoms with E-state index in [0.29, 0.717) is 32.0 Å². The van der Waals surface area contributed by atoms with Gasteiger partial charge in [0.2, 0.25) is 11.8 Å². The lowest BCUT2D eigenvalue weighted by Crippen LogP contribution is -2.45. The van der Waals surface area contributed by atoms with Gasteiger partial charge in [-0.2, -0.15) is 5.10 Å². The topological polar surface area (TPSA) is 87.5 Å². The number of hydrogen-bond acceptors (Lipinski definition) is 6. The number of aromatic nitrogens is 4. The second-order valence-corrected chi connectivity index (χ2v) is 8.86. The number of hydrogen-bond donors (Lipinski definition) is 0. The number of amides is 2. The van der Waals surface area contributed by atoms with Gasteiger partial charge in [0, 0.05) is 75.6 Å². The molecule has 9 nitrogen and oxygen atoms in total. The van der Waals surface area contributed by atoms with E-state index in [1.165, 1.54) is 0 Å². The number of rotatable bonds is 3. The van der Waals surface area contributed by atoms with Crippen molar-refractivity contribution in [3.05, 3.63) is 30.0 Å². The molecule has 2 atom stereocenters. The Morgan fingerprint density at radius 1 is 1.13 bits per heavy atom. The standard InChI is InChI=1S/C22H31N7O2/c1-15(30)28-8-6-20-19(21(24-14-23-20)17-10-25-27(4)11-17)9-16(12-28)22(31)29-7-5-18(13-29)26(2)3/h10-11,14,16,18H,5-9,12-13H2,1-4H3/t16-,18+/m0/s1. The molecule has 0 spiro atoms. The van der Waals surface area contributed by atoms with Gasteiger partial charge in [-0.1, -0.05) is 0 Å². The Labute approximate surface area is 183 Å². The van der Waals surface area contributed by atoms with Crippen LogP contribution in [0.25, 0.3) is 11.3 Å². The van der Waals surface area contributed by atoms with E-state index < -0.39 is 0 Å². The van der Waals surface area contributed by atoms with Gasteiger partial charge in [0.1, 0.15) is 6.33 Å². The number of carbonyl (C=O) groups excluding carboxylic acids is 2. The average Bonchev–Trinajstić information content (AvgIpc) is 3.37. The van der Waals surface area contributed by atoms with Crippen LogP contribution in [0.4, 0.5) is 0 Å². The zero-order valence-corrected chi connectivity index (χ0v) is 18.8. The largest absolute Gasteiger partial charge is 0.342 e. The van der Waals surface area contributed by atoms with Crippen LogP contribution in [0.15, 0.2) is 18.7 Å². The molecule has 2 aromatic rings. The van der Waals surface area contributed by atoms with Gasteiger partial charge in [-0.25, -0.2) is 9.97 Å². The first-order chi connectivity index (χ1) is 14.8. The molecular weight excluding hydrogens is 394 g/mol. The summed E-state index contributed by atoms with van der Waals surface area (Å²) in [6.07, 6.45) is 7.44. The minimum Gasteiger partial charge on any atom is -0.342 e. The molecule has 166 valence electrons. The molecule has 2 aromatic heterocycles. The van der Waals surface area contributed by atoms with E-state index in [1.54, 1.807) is 29.0 Å². The van der Waals surface area contributed by atoms with E-state index in [0.717, 1.165) is 42.0 Å². The van der Waals surface area contributed by atoms with Crippen LogP contribution in [-0.4, -0.2) is 92.6 Å². The molecule has 2 amide bonds. The van der Waals surface area contributed by atoms with E-state index in [9.17, 15) is 9.59 Å². The molecule has 4 heterocycles. The number of likely N-dealkylation sites (N-methyl/N-ethyl adjacent to an activating group) is 1. The van der Waals surface area contributed by atoms with Crippen LogP contribution in [-0.2, 0) is 29.5 Å². The second kappa shape index (κ2) is 8.74. The van der Waals surface area contributed by atoms with Gasteiger partial charge >= 0.3 is 0 Å². The Balaban J connectivity index is 1.67. The maximum Gasteiger partial charge on any atom is 0.227 e. The summed E-state index contributed by atoms with van der Waals surface area (Å²) < 4.78 is 1.75. The van der Waals surface area contributed by atoms with Crippen molar-refractivity contribution in [3.63, 3.8) is 0 Å². The number of fused-ring (bicyclic) bond motifs is 1. The van der Waals surface area contributed by atoms with E-state index in [-0.39, 0.29) is 17.7 Å². The first-order valence-electron chi connectivity index (χ1n) is 10.9. The quantitative estimate of drug-likeness (QED) is 0.716. The molecule has 0 aromatic carbocycles. The van der Waals surface area contributed by atoms with Crippen molar-refractivity contribution in [2.45, 2.75) is 32.2 Å². The van der Waals surface area contributed by atoms with Crippen LogP contribution in [0, 0.1) is 5.92 Å². The molecule has 0 unspecified atom stereocenters. The van der Waals surface area contributed by atoms with Crippen molar-refractivity contribution >= 4 is 11.8 Å². The van der Waals surface area contributed by atoms with Crippen LogP contribution in [0.1, 0.15) is 24.6 Å². The molecule has 2 aliphatic heterocycles. The van der Waals surface area contributed by atoms with Crippen LogP contribution in [0.2, 0.25) is 0 Å². The number of carbonyl (C=O) groups is 2. The predicted molar refractivity (Wildman–Crippen MR) is 116 cm³/mol. The van der Waals surface area contributed by atoms with Crippen molar-refractivity contribution in [1.82, 2.24) is 34.4 Å². The third kappa shape index (κ3) is 4.46. The Kier molecular flexibility index (Phi) is 6.04. The van der Waals surface area contributed by atoms with Crippen LogP contribution < -0.4 is 0 Å². The highest BCUT2D eigenvalue weighted by molar-refractivity contribution is 5.81. The lowest BCUT2D eigenvalue weighted by Gasteiger charge is -2.32. The number of nitrogens with zero attached hydrogens (tertiary/aromatic N) is 7. The minimum absolute atomic E-state index is 0.00428. The summed E-state index contributed by atoms with van der Waals surface area (Å²) in [6, 6.07) is 0.378. The van der Waals surface area contributed by atoms with Gasteiger partial charge in [0.15, 0.2) is 0 Å². The van der Waals surface area contributed by atoms with Crippen molar-refractivity contribution in [3.8, 4) is 11.3 Å². The molecule has 0 N–H and O–H groups in total. The second-order valence-electron chi connectivity index (χ2n) is 8.86. The molecule has 0 bridgehead atoms. The van der Waals surface area contributed by atoms with Gasteiger partial charge in [-0.15, -0.1) is 0 Å². The normalized spacial score (nSPS) is 21.7. The van der Waals surface area contributed by atoms with E-state index >= 15 is 0 Å². The molecule has 9 heteroatoms. The predicted octanol–water partition coefficient (Wildman–Crippen LogP) is 0.603. The first kappa shape index (κ1) is 21.4. The lowest BCUT2D eigenvalue weighted by molar-refractivity contribution is -0.137.